The molecule has 0 aliphatic carbocycles. The van der Waals surface area contributed by atoms with Crippen molar-refractivity contribution < 1.29 is 14.7 Å². The molecule has 0 spiro atoms. The summed E-state index contributed by atoms with van der Waals surface area (Å²) >= 11 is 0. The van der Waals surface area contributed by atoms with Gasteiger partial charge in [-0.25, -0.2) is 0 Å². The van der Waals surface area contributed by atoms with Crippen LogP contribution >= 0.6 is 0 Å². The molecule has 10 heavy (non-hydrogen) atoms. The summed E-state index contributed by atoms with van der Waals surface area (Å²) in [5.74, 6) is -2.64. The quantitative estimate of drug-likeness (QED) is 0.399. The molecule has 0 rings (SSSR count). The normalized spacial score (nSPS) is 9.50. The van der Waals surface area contributed by atoms with Crippen molar-refractivity contribution in [2.45, 2.75) is 13.8 Å². The van der Waals surface area contributed by atoms with Gasteiger partial charge in [0, 0.05) is 0 Å². The Morgan fingerprint density at radius 2 is 1.60 bits per heavy atom. The van der Waals surface area contributed by atoms with Crippen LogP contribution in [0, 0.1) is 5.92 Å². The standard InChI is InChI=1S/C7H10O3/c1-4(8)7(5(2)9)6(3)10/h7-8H,1H2,2-3H3/p-1. The molecule has 0 bridgehead atoms. The predicted octanol–water partition coefficient (Wildman–Crippen LogP) is -0.345. The number of allylic oxidation sites excluding steroid dienone is 1. The minimum absolute atomic E-state index is 0.437. The Kier molecular flexibility index (Phi) is 2.80. The average molecular weight is 141 g/mol. The number of hydrogen-bond donors (Lipinski definition) is 0. The first-order chi connectivity index (χ1) is 4.46. The third kappa shape index (κ3) is 2.01. The molecule has 0 aromatic rings. The molecule has 0 aromatic heterocycles. The lowest BCUT2D eigenvalue weighted by Crippen LogP contribution is -2.27. The van der Waals surface area contributed by atoms with Crippen molar-refractivity contribution in [2.75, 3.05) is 0 Å². The van der Waals surface area contributed by atoms with E-state index in [0.29, 0.717) is 0 Å². The van der Waals surface area contributed by atoms with Gasteiger partial charge in [0.25, 0.3) is 0 Å². The molecule has 0 aromatic carbocycles. The van der Waals surface area contributed by atoms with Gasteiger partial charge >= 0.3 is 0 Å². The van der Waals surface area contributed by atoms with Gasteiger partial charge in [-0.05, 0) is 13.8 Å². The van der Waals surface area contributed by atoms with E-state index in [1.807, 2.05) is 0 Å². The lowest BCUT2D eigenvalue weighted by molar-refractivity contribution is -0.309. The maximum atomic E-state index is 10.5. The first-order valence-electron chi connectivity index (χ1n) is 2.83. The van der Waals surface area contributed by atoms with Gasteiger partial charge in [0.15, 0.2) is 0 Å². The van der Waals surface area contributed by atoms with Gasteiger partial charge in [0.2, 0.25) is 0 Å². The van der Waals surface area contributed by atoms with Crippen LogP contribution in [0.4, 0.5) is 0 Å². The highest BCUT2D eigenvalue weighted by Crippen LogP contribution is 2.05. The van der Waals surface area contributed by atoms with E-state index in [2.05, 4.69) is 6.58 Å². The number of carbonyl (C=O) groups excluding carboxylic acids is 2. The molecule has 0 unspecified atom stereocenters. The third-order valence-electron chi connectivity index (χ3n) is 1.14. The maximum absolute atomic E-state index is 10.5. The highest BCUT2D eigenvalue weighted by molar-refractivity contribution is 6.02. The molecule has 56 valence electrons. The third-order valence-corrected chi connectivity index (χ3v) is 1.14. The van der Waals surface area contributed by atoms with E-state index in [1.165, 1.54) is 13.8 Å². The molecule has 3 heteroatoms. The minimum Gasteiger partial charge on any atom is -0.875 e. The molecule has 0 atom stereocenters. The molecule has 0 heterocycles. The smallest absolute Gasteiger partial charge is 0.143 e. The molecule has 0 N–H and O–H groups in total. The molecular formula is C7H9O3-. The van der Waals surface area contributed by atoms with Crippen molar-refractivity contribution in [3.8, 4) is 0 Å². The Hall–Kier alpha value is -1.12. The van der Waals surface area contributed by atoms with Crippen molar-refractivity contribution in [3.63, 3.8) is 0 Å². The van der Waals surface area contributed by atoms with E-state index in [4.69, 9.17) is 0 Å². The number of hydrogen-bond acceptors (Lipinski definition) is 3. The summed E-state index contributed by atoms with van der Waals surface area (Å²) in [6, 6.07) is 0. The Labute approximate surface area is 59.4 Å². The van der Waals surface area contributed by atoms with Crippen molar-refractivity contribution in [2.24, 2.45) is 5.92 Å². The second kappa shape index (κ2) is 3.15. The first kappa shape index (κ1) is 8.88. The number of Topliss-reactive ketones (excluding diaryl/α,β-unsaturated/α-hetero) is 2. The Balaban J connectivity index is 4.43. The van der Waals surface area contributed by atoms with Gasteiger partial charge in [-0.2, -0.15) is 0 Å². The number of carbonyl (C=O) groups is 2. The molecule has 3 nitrogen and oxygen atoms in total. The largest absolute Gasteiger partial charge is 0.875 e. The Bertz CT molecular complexity index is 148. The summed E-state index contributed by atoms with van der Waals surface area (Å²) in [5, 5.41) is 10.5. The molecule has 0 amide bonds. The molecular weight excluding hydrogens is 132 g/mol. The van der Waals surface area contributed by atoms with E-state index in [9.17, 15) is 14.7 Å². The highest BCUT2D eigenvalue weighted by Gasteiger charge is 2.16. The number of ketones is 2. The lowest BCUT2D eigenvalue weighted by atomic mass is 10.00. The van der Waals surface area contributed by atoms with Crippen LogP contribution < -0.4 is 5.11 Å². The van der Waals surface area contributed by atoms with Crippen LogP contribution in [0.1, 0.15) is 13.8 Å². The van der Waals surface area contributed by atoms with Crippen molar-refractivity contribution in [1.82, 2.24) is 0 Å². The van der Waals surface area contributed by atoms with Gasteiger partial charge in [0.05, 0.1) is 5.92 Å². The van der Waals surface area contributed by atoms with Crippen molar-refractivity contribution in [1.29, 1.82) is 0 Å². The minimum atomic E-state index is -1.14. The van der Waals surface area contributed by atoms with Crippen molar-refractivity contribution >= 4 is 11.6 Å². The van der Waals surface area contributed by atoms with Crippen LogP contribution in [0.2, 0.25) is 0 Å². The fraction of sp³-hybridized carbons (Fsp3) is 0.429. The van der Waals surface area contributed by atoms with Crippen LogP contribution in [0.15, 0.2) is 12.3 Å². The van der Waals surface area contributed by atoms with E-state index >= 15 is 0 Å². The Morgan fingerprint density at radius 1 is 1.30 bits per heavy atom. The van der Waals surface area contributed by atoms with E-state index in [-0.39, 0.29) is 0 Å². The molecule has 0 aliphatic rings. The predicted molar refractivity (Wildman–Crippen MR) is 34.0 cm³/mol. The van der Waals surface area contributed by atoms with Crippen LogP contribution in [0.5, 0.6) is 0 Å². The van der Waals surface area contributed by atoms with E-state index in [0.717, 1.165) is 0 Å². The zero-order valence-electron chi connectivity index (χ0n) is 6.01. The SMILES string of the molecule is C=C([O-])C(C(C)=O)C(C)=O. The highest BCUT2D eigenvalue weighted by atomic mass is 16.3. The zero-order valence-corrected chi connectivity index (χ0v) is 6.01. The van der Waals surface area contributed by atoms with Crippen molar-refractivity contribution in [3.05, 3.63) is 12.3 Å². The van der Waals surface area contributed by atoms with Crippen LogP contribution in [-0.2, 0) is 9.59 Å². The fourth-order valence-electron chi connectivity index (χ4n) is 0.740. The summed E-state index contributed by atoms with van der Waals surface area (Å²) in [5.41, 5.74) is 0. The topological polar surface area (TPSA) is 57.2 Å². The molecule has 0 aliphatic heterocycles. The fourth-order valence-corrected chi connectivity index (χ4v) is 0.740. The zero-order chi connectivity index (χ0) is 8.31. The summed E-state index contributed by atoms with van der Waals surface area (Å²) in [6.45, 7) is 5.41. The van der Waals surface area contributed by atoms with E-state index < -0.39 is 23.2 Å². The van der Waals surface area contributed by atoms with Gasteiger partial charge in [-0.1, -0.05) is 0 Å². The van der Waals surface area contributed by atoms with Gasteiger partial charge in [-0.3, -0.25) is 9.59 Å². The van der Waals surface area contributed by atoms with Crippen LogP contribution in [0.3, 0.4) is 0 Å². The van der Waals surface area contributed by atoms with Gasteiger partial charge in [-0.15, -0.1) is 12.3 Å². The van der Waals surface area contributed by atoms with Crippen LogP contribution in [-0.4, -0.2) is 11.6 Å². The van der Waals surface area contributed by atoms with Crippen LogP contribution in [0.25, 0.3) is 0 Å². The summed E-state index contributed by atoms with van der Waals surface area (Å²) in [7, 11) is 0. The Morgan fingerprint density at radius 3 is 1.60 bits per heavy atom. The summed E-state index contributed by atoms with van der Waals surface area (Å²) < 4.78 is 0. The number of rotatable bonds is 3. The maximum Gasteiger partial charge on any atom is 0.143 e. The monoisotopic (exact) mass is 141 g/mol. The van der Waals surface area contributed by atoms with Gasteiger partial charge < -0.3 is 5.11 Å². The lowest BCUT2D eigenvalue weighted by Gasteiger charge is -2.16. The molecule has 0 saturated carbocycles. The molecule has 0 fully saturated rings. The van der Waals surface area contributed by atoms with Gasteiger partial charge in [0.1, 0.15) is 11.6 Å². The molecule has 0 radical (unpaired) electrons. The molecule has 0 saturated heterocycles. The second-order valence-electron chi connectivity index (χ2n) is 2.12. The summed E-state index contributed by atoms with van der Waals surface area (Å²) in [6.07, 6.45) is 0. The first-order valence-corrected chi connectivity index (χ1v) is 2.83. The summed E-state index contributed by atoms with van der Waals surface area (Å²) in [4.78, 5) is 21.1. The average Bonchev–Trinajstić information content (AvgIpc) is 1.59. The van der Waals surface area contributed by atoms with E-state index in [1.54, 1.807) is 0 Å². The second-order valence-corrected chi connectivity index (χ2v) is 2.12.